The summed E-state index contributed by atoms with van der Waals surface area (Å²) in [5, 5.41) is 14.5. The van der Waals surface area contributed by atoms with Crippen molar-refractivity contribution in [1.82, 2.24) is 29.5 Å². The Kier molecular flexibility index (Phi) is 6.91. The second-order valence-electron chi connectivity index (χ2n) is 5.99. The Morgan fingerprint density at radius 3 is 2.85 bits per heavy atom. The Balaban J connectivity index is 1.57. The van der Waals surface area contributed by atoms with Gasteiger partial charge in [0.25, 0.3) is 0 Å². The molecule has 3 heterocycles. The van der Waals surface area contributed by atoms with Crippen LogP contribution in [0.3, 0.4) is 0 Å². The van der Waals surface area contributed by atoms with Crippen LogP contribution in [0.5, 0.6) is 0 Å². The number of thioether (sulfide) groups is 1. The fourth-order valence-corrected chi connectivity index (χ4v) is 5.23. The van der Waals surface area contributed by atoms with Gasteiger partial charge in [0.1, 0.15) is 6.54 Å². The van der Waals surface area contributed by atoms with Crippen LogP contribution in [-0.2, 0) is 16.6 Å². The highest BCUT2D eigenvalue weighted by Crippen LogP contribution is 2.13. The lowest BCUT2D eigenvalue weighted by atomic mass is 10.4. The highest BCUT2D eigenvalue weighted by molar-refractivity contribution is 7.99. The van der Waals surface area contributed by atoms with Gasteiger partial charge in [-0.3, -0.25) is 4.40 Å². The van der Waals surface area contributed by atoms with E-state index in [1.54, 1.807) is 16.1 Å². The van der Waals surface area contributed by atoms with Crippen molar-refractivity contribution in [2.75, 3.05) is 43.4 Å². The van der Waals surface area contributed by atoms with Crippen molar-refractivity contribution < 1.29 is 8.42 Å². The number of rotatable bonds is 7. The third-order valence-corrected chi connectivity index (χ3v) is 6.94. The van der Waals surface area contributed by atoms with Crippen molar-refractivity contribution in [2.45, 2.75) is 13.5 Å². The molecule has 1 fully saturated rings. The maximum Gasteiger partial charge on any atom is 0.215 e. The summed E-state index contributed by atoms with van der Waals surface area (Å²) in [6.07, 6.45) is 1.89. The first kappa shape index (κ1) is 19.9. The molecule has 9 nitrogen and oxygen atoms in total. The van der Waals surface area contributed by atoms with Crippen molar-refractivity contribution in [2.24, 2.45) is 4.99 Å². The van der Waals surface area contributed by atoms with E-state index in [4.69, 9.17) is 0 Å². The number of fused-ring (bicyclic) bond motifs is 1. The fraction of sp³-hybridized carbons (Fsp3) is 0.562. The van der Waals surface area contributed by atoms with Crippen LogP contribution in [0, 0.1) is 0 Å². The second kappa shape index (κ2) is 9.38. The molecule has 0 bridgehead atoms. The maximum atomic E-state index is 12.4. The van der Waals surface area contributed by atoms with Gasteiger partial charge in [-0.2, -0.15) is 11.8 Å². The number of hydrogen-bond donors (Lipinski definition) is 2. The molecular formula is C16H25N7O2S2. The summed E-state index contributed by atoms with van der Waals surface area (Å²) in [6, 6.07) is 5.70. The van der Waals surface area contributed by atoms with Gasteiger partial charge in [0.05, 0.1) is 5.75 Å². The number of aliphatic imine (C=N–C) groups is 1. The monoisotopic (exact) mass is 411 g/mol. The molecule has 1 saturated heterocycles. The topological polar surface area (TPSA) is 104 Å². The van der Waals surface area contributed by atoms with Gasteiger partial charge >= 0.3 is 0 Å². The first-order valence-corrected chi connectivity index (χ1v) is 11.7. The molecule has 148 valence electrons. The molecule has 0 atom stereocenters. The number of hydrogen-bond acceptors (Lipinski definition) is 6. The van der Waals surface area contributed by atoms with Crippen LogP contribution >= 0.6 is 11.8 Å². The van der Waals surface area contributed by atoms with E-state index in [9.17, 15) is 8.42 Å². The number of nitrogens with one attached hydrogen (secondary N) is 2. The molecule has 2 aromatic heterocycles. The van der Waals surface area contributed by atoms with E-state index in [0.29, 0.717) is 38.7 Å². The molecule has 0 amide bonds. The first-order chi connectivity index (χ1) is 13.1. The van der Waals surface area contributed by atoms with Crippen molar-refractivity contribution >= 4 is 33.4 Å². The van der Waals surface area contributed by atoms with E-state index in [1.165, 1.54) is 0 Å². The summed E-state index contributed by atoms with van der Waals surface area (Å²) in [5.74, 6) is 3.07. The lowest BCUT2D eigenvalue weighted by Gasteiger charge is -2.25. The van der Waals surface area contributed by atoms with Crippen LogP contribution < -0.4 is 10.6 Å². The molecule has 0 aromatic carbocycles. The van der Waals surface area contributed by atoms with Gasteiger partial charge < -0.3 is 10.6 Å². The minimum atomic E-state index is -3.23. The lowest BCUT2D eigenvalue weighted by Crippen LogP contribution is -2.44. The van der Waals surface area contributed by atoms with Gasteiger partial charge in [0.15, 0.2) is 17.4 Å². The summed E-state index contributed by atoms with van der Waals surface area (Å²) in [6.45, 7) is 4.49. The summed E-state index contributed by atoms with van der Waals surface area (Å²) < 4.78 is 28.3. The van der Waals surface area contributed by atoms with Gasteiger partial charge in [-0.1, -0.05) is 6.07 Å². The molecule has 3 rings (SSSR count). The predicted molar refractivity (Wildman–Crippen MR) is 108 cm³/mol. The molecule has 1 aliphatic rings. The van der Waals surface area contributed by atoms with Crippen LogP contribution in [0.25, 0.3) is 5.65 Å². The van der Waals surface area contributed by atoms with Gasteiger partial charge in [0.2, 0.25) is 10.0 Å². The molecule has 2 aromatic rings. The smallest absolute Gasteiger partial charge is 0.215 e. The zero-order valence-electron chi connectivity index (χ0n) is 15.3. The Labute approximate surface area is 163 Å². The molecule has 2 N–H and O–H groups in total. The molecule has 0 unspecified atom stereocenters. The highest BCUT2D eigenvalue weighted by Gasteiger charge is 2.23. The van der Waals surface area contributed by atoms with Crippen LogP contribution in [0.15, 0.2) is 29.4 Å². The molecule has 0 spiro atoms. The van der Waals surface area contributed by atoms with E-state index in [1.807, 2.05) is 35.7 Å². The van der Waals surface area contributed by atoms with Crippen LogP contribution in [0.2, 0.25) is 0 Å². The van der Waals surface area contributed by atoms with E-state index in [-0.39, 0.29) is 5.75 Å². The molecule has 0 radical (unpaired) electrons. The standard InChI is InChI=1S/C16H25N7O2S2/c1-2-17-16(18-6-12-27(24,25)22-8-10-26-11-9-22)19-13-15-21-20-14-5-3-4-7-23(14)15/h3-5,7H,2,6,8-13H2,1H3,(H2,17,18,19). The molecule has 0 saturated carbocycles. The number of aromatic nitrogens is 3. The highest BCUT2D eigenvalue weighted by atomic mass is 32.2. The summed E-state index contributed by atoms with van der Waals surface area (Å²) in [4.78, 5) is 4.50. The van der Waals surface area contributed by atoms with E-state index < -0.39 is 10.0 Å². The number of pyridine rings is 1. The zero-order chi connectivity index (χ0) is 19.1. The molecule has 27 heavy (non-hydrogen) atoms. The van der Waals surface area contributed by atoms with Crippen molar-refractivity contribution in [3.05, 3.63) is 30.2 Å². The van der Waals surface area contributed by atoms with E-state index in [2.05, 4.69) is 25.8 Å². The van der Waals surface area contributed by atoms with Crippen molar-refractivity contribution in [3.63, 3.8) is 0 Å². The Morgan fingerprint density at radius 2 is 2.07 bits per heavy atom. The Hall–Kier alpha value is -1.85. The first-order valence-electron chi connectivity index (χ1n) is 8.96. The lowest BCUT2D eigenvalue weighted by molar-refractivity contribution is 0.443. The summed E-state index contributed by atoms with van der Waals surface area (Å²) >= 11 is 1.79. The predicted octanol–water partition coefficient (Wildman–Crippen LogP) is 0.163. The van der Waals surface area contributed by atoms with Crippen molar-refractivity contribution in [1.29, 1.82) is 0 Å². The Morgan fingerprint density at radius 1 is 1.26 bits per heavy atom. The van der Waals surface area contributed by atoms with E-state index in [0.717, 1.165) is 23.0 Å². The quantitative estimate of drug-likeness (QED) is 0.494. The summed E-state index contributed by atoms with van der Waals surface area (Å²) in [5.41, 5.74) is 0.770. The van der Waals surface area contributed by atoms with Crippen LogP contribution in [-0.4, -0.2) is 76.7 Å². The number of guanidine groups is 1. The Bertz CT molecular complexity index is 876. The average molecular weight is 412 g/mol. The molecule has 0 aliphatic carbocycles. The van der Waals surface area contributed by atoms with Gasteiger partial charge in [-0.25, -0.2) is 17.7 Å². The fourth-order valence-electron chi connectivity index (χ4n) is 2.74. The van der Waals surface area contributed by atoms with Crippen LogP contribution in [0.4, 0.5) is 0 Å². The molecule has 1 aliphatic heterocycles. The third-order valence-electron chi connectivity index (χ3n) is 4.12. The number of sulfonamides is 1. The summed E-state index contributed by atoms with van der Waals surface area (Å²) in [7, 11) is -3.23. The molecular weight excluding hydrogens is 386 g/mol. The SMILES string of the molecule is CCNC(=NCc1nnc2ccccn12)NCCS(=O)(=O)N1CCSCC1. The van der Waals surface area contributed by atoms with Crippen LogP contribution in [0.1, 0.15) is 12.7 Å². The third kappa shape index (κ3) is 5.33. The molecule has 11 heteroatoms. The minimum absolute atomic E-state index is 0.0515. The van der Waals surface area contributed by atoms with Gasteiger partial charge in [-0.15, -0.1) is 10.2 Å². The zero-order valence-corrected chi connectivity index (χ0v) is 17.0. The number of nitrogens with zero attached hydrogens (tertiary/aromatic N) is 5. The average Bonchev–Trinajstić information content (AvgIpc) is 3.10. The maximum absolute atomic E-state index is 12.4. The van der Waals surface area contributed by atoms with Crippen molar-refractivity contribution in [3.8, 4) is 0 Å². The largest absolute Gasteiger partial charge is 0.357 e. The minimum Gasteiger partial charge on any atom is -0.357 e. The van der Waals surface area contributed by atoms with Gasteiger partial charge in [-0.05, 0) is 19.1 Å². The second-order valence-corrected chi connectivity index (χ2v) is 9.31. The normalized spacial score (nSPS) is 16.6. The van der Waals surface area contributed by atoms with E-state index >= 15 is 0 Å². The van der Waals surface area contributed by atoms with Gasteiger partial charge in [0, 0.05) is 43.9 Å².